The number of hydrogen-bond acceptors (Lipinski definition) is 5. The van der Waals surface area contributed by atoms with Crippen LogP contribution in [0.4, 0.5) is 0 Å². The number of benzene rings is 1. The van der Waals surface area contributed by atoms with Gasteiger partial charge in [0.15, 0.2) is 0 Å². The van der Waals surface area contributed by atoms with E-state index in [1.807, 2.05) is 6.07 Å². The number of ether oxygens (including phenoxy) is 2. The fourth-order valence-corrected chi connectivity index (χ4v) is 4.45. The summed E-state index contributed by atoms with van der Waals surface area (Å²) in [5.74, 6) is 1.36. The summed E-state index contributed by atoms with van der Waals surface area (Å²) in [6, 6.07) is 3.62. The standard InChI is InChI=1S/C20H30N2O4/c1-25-16-6-7-17(26-2)19-14(16)11-22(12-15(19)23)18(24)10-20(13-21)8-4-3-5-9-20/h6-7,15,23H,3-5,8-13,21H2,1-2H3. The van der Waals surface area contributed by atoms with E-state index >= 15 is 0 Å². The van der Waals surface area contributed by atoms with E-state index < -0.39 is 6.10 Å². The highest BCUT2D eigenvalue weighted by Crippen LogP contribution is 2.42. The number of nitrogens with two attached hydrogens (primary N) is 1. The van der Waals surface area contributed by atoms with Crippen molar-refractivity contribution in [1.29, 1.82) is 0 Å². The molecule has 0 aromatic heterocycles. The molecule has 1 unspecified atom stereocenters. The molecule has 26 heavy (non-hydrogen) atoms. The Labute approximate surface area is 155 Å². The summed E-state index contributed by atoms with van der Waals surface area (Å²) < 4.78 is 10.9. The van der Waals surface area contributed by atoms with Crippen LogP contribution in [0.2, 0.25) is 0 Å². The molecule has 1 aliphatic heterocycles. The highest BCUT2D eigenvalue weighted by Gasteiger charge is 2.37. The second-order valence-electron chi connectivity index (χ2n) is 7.59. The maximum atomic E-state index is 13.0. The van der Waals surface area contributed by atoms with Crippen molar-refractivity contribution in [1.82, 2.24) is 4.90 Å². The van der Waals surface area contributed by atoms with Gasteiger partial charge >= 0.3 is 0 Å². The van der Waals surface area contributed by atoms with Crippen molar-refractivity contribution in [2.24, 2.45) is 11.1 Å². The maximum absolute atomic E-state index is 13.0. The Kier molecular flexibility index (Phi) is 5.73. The highest BCUT2D eigenvalue weighted by molar-refractivity contribution is 5.78. The first-order chi connectivity index (χ1) is 12.5. The van der Waals surface area contributed by atoms with E-state index in [1.54, 1.807) is 25.2 Å². The molecule has 1 fully saturated rings. The molecule has 2 aliphatic rings. The molecule has 0 radical (unpaired) electrons. The Balaban J connectivity index is 1.82. The predicted molar refractivity (Wildman–Crippen MR) is 99.1 cm³/mol. The lowest BCUT2D eigenvalue weighted by molar-refractivity contribution is -0.137. The molecule has 1 saturated carbocycles. The molecule has 1 aromatic rings. The van der Waals surface area contributed by atoms with E-state index in [2.05, 4.69) is 0 Å². The Morgan fingerprint density at radius 3 is 2.50 bits per heavy atom. The van der Waals surface area contributed by atoms with Gasteiger partial charge in [0.05, 0.1) is 20.8 Å². The molecule has 6 heteroatoms. The van der Waals surface area contributed by atoms with Crippen LogP contribution in [0, 0.1) is 5.41 Å². The quantitative estimate of drug-likeness (QED) is 0.840. The minimum atomic E-state index is -0.784. The molecule has 0 spiro atoms. The zero-order valence-corrected chi connectivity index (χ0v) is 15.8. The van der Waals surface area contributed by atoms with Gasteiger partial charge in [-0.05, 0) is 36.9 Å². The molecule has 1 aliphatic carbocycles. The molecule has 1 atom stereocenters. The number of methoxy groups -OCH3 is 2. The van der Waals surface area contributed by atoms with Crippen LogP contribution in [0.25, 0.3) is 0 Å². The van der Waals surface area contributed by atoms with E-state index in [0.717, 1.165) is 36.8 Å². The van der Waals surface area contributed by atoms with Gasteiger partial charge in [-0.2, -0.15) is 0 Å². The number of nitrogens with zero attached hydrogens (tertiary/aromatic N) is 1. The summed E-state index contributed by atoms with van der Waals surface area (Å²) in [7, 11) is 3.18. The highest BCUT2D eigenvalue weighted by atomic mass is 16.5. The smallest absolute Gasteiger partial charge is 0.223 e. The lowest BCUT2D eigenvalue weighted by Gasteiger charge is -2.39. The average Bonchev–Trinajstić information content (AvgIpc) is 2.67. The lowest BCUT2D eigenvalue weighted by atomic mass is 9.71. The van der Waals surface area contributed by atoms with Gasteiger partial charge in [0.2, 0.25) is 5.91 Å². The van der Waals surface area contributed by atoms with Gasteiger partial charge in [0.25, 0.3) is 0 Å². The van der Waals surface area contributed by atoms with Crippen molar-refractivity contribution in [2.45, 2.75) is 51.2 Å². The summed E-state index contributed by atoms with van der Waals surface area (Å²) >= 11 is 0. The van der Waals surface area contributed by atoms with Crippen LogP contribution in [0.5, 0.6) is 11.5 Å². The van der Waals surface area contributed by atoms with Gasteiger partial charge in [-0.1, -0.05) is 19.3 Å². The zero-order valence-electron chi connectivity index (χ0n) is 15.8. The first-order valence-electron chi connectivity index (χ1n) is 9.43. The normalized spacial score (nSPS) is 21.8. The van der Waals surface area contributed by atoms with Crippen LogP contribution in [0.1, 0.15) is 55.8 Å². The van der Waals surface area contributed by atoms with Crippen LogP contribution in [-0.2, 0) is 11.3 Å². The first-order valence-corrected chi connectivity index (χ1v) is 9.43. The van der Waals surface area contributed by atoms with Crippen LogP contribution in [0.3, 0.4) is 0 Å². The molecule has 0 bridgehead atoms. The fraction of sp³-hybridized carbons (Fsp3) is 0.650. The summed E-state index contributed by atoms with van der Waals surface area (Å²) in [5.41, 5.74) is 7.51. The van der Waals surface area contributed by atoms with E-state index in [0.29, 0.717) is 31.0 Å². The first kappa shape index (κ1) is 19.0. The fourth-order valence-electron chi connectivity index (χ4n) is 4.45. The molecular weight excluding hydrogens is 332 g/mol. The van der Waals surface area contributed by atoms with Gasteiger partial charge in [-0.25, -0.2) is 0 Å². The molecule has 1 heterocycles. The van der Waals surface area contributed by atoms with Gasteiger partial charge in [0.1, 0.15) is 17.6 Å². The van der Waals surface area contributed by atoms with Crippen molar-refractivity contribution in [3.8, 4) is 11.5 Å². The summed E-state index contributed by atoms with van der Waals surface area (Å²) in [5, 5.41) is 10.7. The molecule has 3 N–H and O–H groups in total. The van der Waals surface area contributed by atoms with Crippen molar-refractivity contribution < 1.29 is 19.4 Å². The zero-order chi connectivity index (χ0) is 18.7. The Bertz CT molecular complexity index is 655. The molecule has 144 valence electrons. The number of hydrogen-bond donors (Lipinski definition) is 2. The number of amides is 1. The molecular formula is C20H30N2O4. The predicted octanol–water partition coefficient (Wildman–Crippen LogP) is 2.38. The van der Waals surface area contributed by atoms with Crippen molar-refractivity contribution in [2.75, 3.05) is 27.3 Å². The number of rotatable bonds is 5. The summed E-state index contributed by atoms with van der Waals surface area (Å²) in [6.07, 6.45) is 5.20. The molecule has 0 saturated heterocycles. The second-order valence-corrected chi connectivity index (χ2v) is 7.59. The van der Waals surface area contributed by atoms with E-state index in [9.17, 15) is 9.90 Å². The molecule has 6 nitrogen and oxygen atoms in total. The second kappa shape index (κ2) is 7.84. The van der Waals surface area contributed by atoms with Gasteiger partial charge in [-0.3, -0.25) is 4.79 Å². The van der Waals surface area contributed by atoms with Crippen LogP contribution < -0.4 is 15.2 Å². The van der Waals surface area contributed by atoms with Crippen LogP contribution in [0.15, 0.2) is 12.1 Å². The number of carbonyl (C=O) groups is 1. The van der Waals surface area contributed by atoms with E-state index in [4.69, 9.17) is 15.2 Å². The van der Waals surface area contributed by atoms with Gasteiger partial charge in [-0.15, -0.1) is 0 Å². The third-order valence-corrected chi connectivity index (χ3v) is 6.02. The molecule has 1 amide bonds. The van der Waals surface area contributed by atoms with Crippen LogP contribution in [-0.4, -0.2) is 43.2 Å². The minimum Gasteiger partial charge on any atom is -0.496 e. The SMILES string of the molecule is COc1ccc(OC)c2c1CN(C(=O)CC1(CN)CCCCC1)CC2O. The van der Waals surface area contributed by atoms with E-state index in [-0.39, 0.29) is 17.9 Å². The summed E-state index contributed by atoms with van der Waals surface area (Å²) in [6.45, 7) is 1.24. The summed E-state index contributed by atoms with van der Waals surface area (Å²) in [4.78, 5) is 14.8. The van der Waals surface area contributed by atoms with Crippen molar-refractivity contribution in [3.05, 3.63) is 23.3 Å². The van der Waals surface area contributed by atoms with Crippen LogP contribution >= 0.6 is 0 Å². The minimum absolute atomic E-state index is 0.0620. The number of β-amino-alcohol motifs (C(OH)–C–C–N with tert-alkyl or cyclic N) is 1. The Morgan fingerprint density at radius 1 is 1.23 bits per heavy atom. The third-order valence-electron chi connectivity index (χ3n) is 6.02. The number of aliphatic hydroxyl groups excluding tert-OH is 1. The Morgan fingerprint density at radius 2 is 1.88 bits per heavy atom. The number of aliphatic hydroxyl groups is 1. The van der Waals surface area contributed by atoms with Gasteiger partial charge < -0.3 is 25.2 Å². The third kappa shape index (κ3) is 3.53. The number of carbonyl (C=O) groups excluding carboxylic acids is 1. The molecule has 1 aromatic carbocycles. The van der Waals surface area contributed by atoms with E-state index in [1.165, 1.54) is 6.42 Å². The average molecular weight is 362 g/mol. The van der Waals surface area contributed by atoms with Crippen molar-refractivity contribution in [3.63, 3.8) is 0 Å². The molecule has 3 rings (SSSR count). The topological polar surface area (TPSA) is 85.0 Å². The lowest BCUT2D eigenvalue weighted by Crippen LogP contribution is -2.43. The number of fused-ring (bicyclic) bond motifs is 1. The monoisotopic (exact) mass is 362 g/mol. The Hall–Kier alpha value is -1.79. The maximum Gasteiger partial charge on any atom is 0.223 e. The van der Waals surface area contributed by atoms with Crippen molar-refractivity contribution >= 4 is 5.91 Å². The van der Waals surface area contributed by atoms with Gasteiger partial charge in [0, 0.05) is 24.1 Å². The largest absolute Gasteiger partial charge is 0.496 e.